The van der Waals surface area contributed by atoms with Gasteiger partial charge in [0.25, 0.3) is 0 Å². The van der Waals surface area contributed by atoms with E-state index in [-0.39, 0.29) is 31.1 Å². The highest BCUT2D eigenvalue weighted by Gasteiger charge is 2.19. The Hall–Kier alpha value is -1.59. The van der Waals surface area contributed by atoms with Crippen LogP contribution in [0.2, 0.25) is 0 Å². The molecule has 0 aliphatic carbocycles. The lowest BCUT2D eigenvalue weighted by Gasteiger charge is -2.18. The largest absolute Gasteiger partial charge is 0.462 e. The first-order valence-corrected chi connectivity index (χ1v) is 27.6. The Morgan fingerprint density at radius 2 is 0.468 bits per heavy atom. The van der Waals surface area contributed by atoms with Crippen molar-refractivity contribution in [2.45, 2.75) is 311 Å². The summed E-state index contributed by atoms with van der Waals surface area (Å²) < 4.78 is 16.8. The maximum atomic E-state index is 12.8. The second-order valence-corrected chi connectivity index (χ2v) is 20.6. The summed E-state index contributed by atoms with van der Waals surface area (Å²) in [5.74, 6) is 1.63. The lowest BCUT2D eigenvalue weighted by atomic mass is 10.0. The van der Waals surface area contributed by atoms with E-state index in [0.717, 1.165) is 75.5 Å². The van der Waals surface area contributed by atoms with Crippen LogP contribution in [0.5, 0.6) is 0 Å². The van der Waals surface area contributed by atoms with Crippen LogP contribution in [-0.4, -0.2) is 37.2 Å². The highest BCUT2D eigenvalue weighted by atomic mass is 16.6. The topological polar surface area (TPSA) is 78.9 Å². The van der Waals surface area contributed by atoms with Crippen LogP contribution in [0.4, 0.5) is 0 Å². The number of ether oxygens (including phenoxy) is 3. The monoisotopic (exact) mass is 877 g/mol. The van der Waals surface area contributed by atoms with Crippen molar-refractivity contribution < 1.29 is 28.6 Å². The Kier molecular flexibility index (Phi) is 46.2. The van der Waals surface area contributed by atoms with Crippen molar-refractivity contribution in [1.29, 1.82) is 0 Å². The quantitative estimate of drug-likeness (QED) is 0.0344. The van der Waals surface area contributed by atoms with E-state index in [1.165, 1.54) is 186 Å². The van der Waals surface area contributed by atoms with Gasteiger partial charge in [-0.1, -0.05) is 266 Å². The first-order chi connectivity index (χ1) is 30.1. The molecule has 0 aromatic rings. The second-order valence-electron chi connectivity index (χ2n) is 20.6. The Morgan fingerprint density at radius 3 is 0.694 bits per heavy atom. The summed E-state index contributed by atoms with van der Waals surface area (Å²) in [5.41, 5.74) is 0. The summed E-state index contributed by atoms with van der Waals surface area (Å²) in [7, 11) is 0. The van der Waals surface area contributed by atoms with Gasteiger partial charge in [-0.25, -0.2) is 0 Å². The molecule has 0 aromatic carbocycles. The molecule has 0 rings (SSSR count). The van der Waals surface area contributed by atoms with Crippen molar-refractivity contribution >= 4 is 17.9 Å². The van der Waals surface area contributed by atoms with Gasteiger partial charge in [-0.05, 0) is 37.0 Å². The molecule has 368 valence electrons. The third-order valence-corrected chi connectivity index (χ3v) is 12.6. The lowest BCUT2D eigenvalue weighted by Crippen LogP contribution is -2.30. The zero-order chi connectivity index (χ0) is 45.6. The first kappa shape index (κ1) is 60.4. The van der Waals surface area contributed by atoms with Gasteiger partial charge < -0.3 is 14.2 Å². The fraction of sp³-hybridized carbons (Fsp3) is 0.946. The Balaban J connectivity index is 4.28. The maximum absolute atomic E-state index is 12.8. The molecule has 62 heavy (non-hydrogen) atoms. The second kappa shape index (κ2) is 47.4. The molecule has 0 saturated heterocycles. The molecule has 0 bridgehead atoms. The van der Waals surface area contributed by atoms with Gasteiger partial charge >= 0.3 is 17.9 Å². The number of carbonyl (C=O) groups excluding carboxylic acids is 3. The molecule has 0 radical (unpaired) electrons. The maximum Gasteiger partial charge on any atom is 0.306 e. The molecule has 0 amide bonds. The number of carbonyl (C=O) groups is 3. The van der Waals surface area contributed by atoms with Crippen molar-refractivity contribution in [2.24, 2.45) is 17.8 Å². The molecule has 6 nitrogen and oxygen atoms in total. The van der Waals surface area contributed by atoms with Crippen molar-refractivity contribution in [3.63, 3.8) is 0 Å². The van der Waals surface area contributed by atoms with Crippen molar-refractivity contribution in [3.05, 3.63) is 0 Å². The minimum atomic E-state index is -0.763. The fourth-order valence-corrected chi connectivity index (χ4v) is 8.47. The Morgan fingerprint density at radius 1 is 0.274 bits per heavy atom. The first-order valence-electron chi connectivity index (χ1n) is 27.6. The predicted octanol–water partition coefficient (Wildman–Crippen LogP) is 17.9. The molecule has 0 aliphatic rings. The van der Waals surface area contributed by atoms with Gasteiger partial charge in [0, 0.05) is 19.3 Å². The van der Waals surface area contributed by atoms with Gasteiger partial charge in [0.15, 0.2) is 6.10 Å². The number of esters is 3. The van der Waals surface area contributed by atoms with Crippen molar-refractivity contribution in [1.82, 2.24) is 0 Å². The van der Waals surface area contributed by atoms with Gasteiger partial charge in [-0.2, -0.15) is 0 Å². The van der Waals surface area contributed by atoms with Gasteiger partial charge in [0.2, 0.25) is 0 Å². The Bertz CT molecular complexity index is 960. The van der Waals surface area contributed by atoms with Gasteiger partial charge in [-0.3, -0.25) is 14.4 Å². The molecule has 0 heterocycles. The van der Waals surface area contributed by atoms with Crippen LogP contribution >= 0.6 is 0 Å². The molecule has 0 spiro atoms. The summed E-state index contributed by atoms with van der Waals surface area (Å²) in [5, 5.41) is 0. The van der Waals surface area contributed by atoms with Crippen LogP contribution in [0.15, 0.2) is 0 Å². The van der Waals surface area contributed by atoms with E-state index in [1.807, 2.05) is 0 Å². The van der Waals surface area contributed by atoms with Crippen molar-refractivity contribution in [3.8, 4) is 0 Å². The highest BCUT2D eigenvalue weighted by Crippen LogP contribution is 2.18. The van der Waals surface area contributed by atoms with Crippen LogP contribution in [-0.2, 0) is 28.6 Å². The zero-order valence-electron chi connectivity index (χ0n) is 42.7. The average molecular weight is 877 g/mol. The fourth-order valence-electron chi connectivity index (χ4n) is 8.47. The molecule has 0 aliphatic heterocycles. The number of rotatable bonds is 49. The molecule has 0 N–H and O–H groups in total. The summed E-state index contributed by atoms with van der Waals surface area (Å²) in [6.07, 6.45) is 48.1. The third kappa shape index (κ3) is 49.4. The van der Waals surface area contributed by atoms with Gasteiger partial charge in [0.1, 0.15) is 13.2 Å². The third-order valence-electron chi connectivity index (χ3n) is 12.6. The van der Waals surface area contributed by atoms with Crippen LogP contribution in [0.3, 0.4) is 0 Å². The van der Waals surface area contributed by atoms with E-state index in [1.54, 1.807) is 0 Å². The highest BCUT2D eigenvalue weighted by molar-refractivity contribution is 5.71. The van der Waals surface area contributed by atoms with E-state index in [9.17, 15) is 14.4 Å². The molecule has 0 aromatic heterocycles. The molecule has 0 saturated carbocycles. The molecule has 1 atom stereocenters. The van der Waals surface area contributed by atoms with E-state index in [2.05, 4.69) is 41.5 Å². The molecule has 0 unspecified atom stereocenters. The SMILES string of the molecule is CC(C)CCCCCCCCCCCCCCCCCCC(=O)O[C@@H](COC(=O)CCCCCCCCCCCCC(C)C)COC(=O)CCCCCCCCCCCC(C)C. The average Bonchev–Trinajstić information content (AvgIpc) is 3.23. The van der Waals surface area contributed by atoms with E-state index < -0.39 is 6.10 Å². The summed E-state index contributed by atoms with van der Waals surface area (Å²) in [4.78, 5) is 38.0. The summed E-state index contributed by atoms with van der Waals surface area (Å²) >= 11 is 0. The summed E-state index contributed by atoms with van der Waals surface area (Å²) in [6.45, 7) is 13.7. The predicted molar refractivity (Wildman–Crippen MR) is 266 cm³/mol. The van der Waals surface area contributed by atoms with E-state index in [0.29, 0.717) is 19.3 Å². The Labute approximate surface area is 387 Å². The van der Waals surface area contributed by atoms with E-state index >= 15 is 0 Å². The molecular formula is C56H108O6. The van der Waals surface area contributed by atoms with Crippen molar-refractivity contribution in [2.75, 3.05) is 13.2 Å². The molecular weight excluding hydrogens is 769 g/mol. The van der Waals surface area contributed by atoms with Crippen LogP contribution < -0.4 is 0 Å². The minimum absolute atomic E-state index is 0.0644. The van der Waals surface area contributed by atoms with Gasteiger partial charge in [-0.15, -0.1) is 0 Å². The zero-order valence-corrected chi connectivity index (χ0v) is 42.7. The van der Waals surface area contributed by atoms with Gasteiger partial charge in [0.05, 0.1) is 0 Å². The van der Waals surface area contributed by atoms with Crippen LogP contribution in [0.1, 0.15) is 305 Å². The molecule has 6 heteroatoms. The lowest BCUT2D eigenvalue weighted by molar-refractivity contribution is -0.167. The van der Waals surface area contributed by atoms with E-state index in [4.69, 9.17) is 14.2 Å². The standard InChI is InChI=1S/C56H108O6/c1-50(2)42-36-30-24-18-13-11-9-7-8-10-12-14-22-29-35-41-47-56(59)62-53(49-61-55(58)46-40-34-28-23-17-20-26-32-38-44-52(5)6)48-60-54(57)45-39-33-27-21-16-15-19-25-31-37-43-51(3)4/h50-53H,7-49H2,1-6H3/t53-/m0/s1. The number of hydrogen-bond acceptors (Lipinski definition) is 6. The summed E-state index contributed by atoms with van der Waals surface area (Å²) in [6, 6.07) is 0. The smallest absolute Gasteiger partial charge is 0.306 e. The van der Waals surface area contributed by atoms with Crippen LogP contribution in [0.25, 0.3) is 0 Å². The minimum Gasteiger partial charge on any atom is -0.462 e. The number of unbranched alkanes of at least 4 members (excludes halogenated alkanes) is 32. The molecule has 0 fully saturated rings. The number of hydrogen-bond donors (Lipinski definition) is 0. The van der Waals surface area contributed by atoms with Crippen LogP contribution in [0, 0.1) is 17.8 Å². The normalized spacial score (nSPS) is 12.1.